The molecule has 2 heterocycles. The fourth-order valence-electron chi connectivity index (χ4n) is 11.2. The van der Waals surface area contributed by atoms with Gasteiger partial charge in [0.25, 0.3) is 0 Å². The van der Waals surface area contributed by atoms with Crippen molar-refractivity contribution in [1.29, 1.82) is 0 Å². The van der Waals surface area contributed by atoms with Crippen molar-refractivity contribution in [3.05, 3.63) is 180 Å². The molecule has 58 heavy (non-hydrogen) atoms. The number of benzene rings is 6. The van der Waals surface area contributed by atoms with Gasteiger partial charge in [-0.15, -0.1) is 11.3 Å². The molecule has 6 aromatic carbocycles. The summed E-state index contributed by atoms with van der Waals surface area (Å²) in [6, 6.07) is 50.7. The van der Waals surface area contributed by atoms with E-state index in [-0.39, 0.29) is 10.8 Å². The van der Waals surface area contributed by atoms with Gasteiger partial charge in [0.1, 0.15) is 0 Å². The van der Waals surface area contributed by atoms with E-state index in [9.17, 15) is 0 Å². The van der Waals surface area contributed by atoms with Crippen LogP contribution in [0.2, 0.25) is 0 Å². The van der Waals surface area contributed by atoms with E-state index in [0.717, 1.165) is 16.7 Å². The molecular formula is C54H43N3S. The molecule has 0 N–H and O–H groups in total. The summed E-state index contributed by atoms with van der Waals surface area (Å²) in [4.78, 5) is 15.1. The minimum Gasteiger partial charge on any atom is -0.208 e. The Hall–Kier alpha value is -5.97. The maximum atomic E-state index is 5.09. The Kier molecular flexibility index (Phi) is 7.51. The summed E-state index contributed by atoms with van der Waals surface area (Å²) >= 11 is 1.82. The Morgan fingerprint density at radius 2 is 1.21 bits per heavy atom. The molecule has 4 aliphatic rings. The summed E-state index contributed by atoms with van der Waals surface area (Å²) in [6.07, 6.45) is 12.1. The second kappa shape index (κ2) is 12.8. The number of aromatic nitrogens is 3. The lowest BCUT2D eigenvalue weighted by molar-refractivity contribution is 0.233. The molecule has 2 unspecified atom stereocenters. The normalized spacial score (nSPS) is 19.7. The van der Waals surface area contributed by atoms with Crippen molar-refractivity contribution in [3.8, 4) is 45.3 Å². The summed E-state index contributed by atoms with van der Waals surface area (Å²) < 4.78 is 2.46. The van der Waals surface area contributed by atoms with Gasteiger partial charge in [-0.05, 0) is 87.6 Å². The van der Waals surface area contributed by atoms with Crippen molar-refractivity contribution < 1.29 is 0 Å². The van der Waals surface area contributed by atoms with Crippen LogP contribution in [0.4, 0.5) is 0 Å². The third-order valence-electron chi connectivity index (χ3n) is 14.0. The van der Waals surface area contributed by atoms with Crippen LogP contribution in [0, 0.1) is 5.92 Å². The summed E-state index contributed by atoms with van der Waals surface area (Å²) in [5.74, 6) is 3.05. The number of thiophene rings is 1. The Labute approximate surface area is 343 Å². The highest BCUT2D eigenvalue weighted by Crippen LogP contribution is 2.64. The summed E-state index contributed by atoms with van der Waals surface area (Å²) in [7, 11) is 0. The van der Waals surface area contributed by atoms with Crippen LogP contribution < -0.4 is 0 Å². The minimum atomic E-state index is -0.0742. The molecule has 0 saturated heterocycles. The van der Waals surface area contributed by atoms with E-state index >= 15 is 0 Å². The monoisotopic (exact) mass is 765 g/mol. The molecule has 0 amide bonds. The third kappa shape index (κ3) is 5.00. The second-order valence-electron chi connectivity index (χ2n) is 17.4. The fraction of sp³-hybridized carbons (Fsp3) is 0.204. The average molecular weight is 766 g/mol. The summed E-state index contributed by atoms with van der Waals surface area (Å²) in [6.45, 7) is 4.90. The van der Waals surface area contributed by atoms with Crippen LogP contribution in [0.3, 0.4) is 0 Å². The summed E-state index contributed by atoms with van der Waals surface area (Å²) in [5, 5.41) is 2.50. The maximum absolute atomic E-state index is 5.09. The minimum absolute atomic E-state index is 0.0742. The SMILES string of the molecule is CC1(C)C2=CC3c4ccccc4C4(CCCCC4)C3C=C2c2ccc(-c3ccc4sc5c(-c6nc(-c7ccccc7)nc(-c7ccccc7)n6)cccc5c4c3)cc21. The topological polar surface area (TPSA) is 38.7 Å². The van der Waals surface area contributed by atoms with Crippen molar-refractivity contribution in [2.75, 3.05) is 0 Å². The molecule has 1 fully saturated rings. The van der Waals surface area contributed by atoms with Crippen molar-refractivity contribution >= 4 is 37.1 Å². The van der Waals surface area contributed by atoms with E-state index in [0.29, 0.717) is 29.3 Å². The van der Waals surface area contributed by atoms with Gasteiger partial charge >= 0.3 is 0 Å². The fourth-order valence-corrected chi connectivity index (χ4v) is 12.4. The summed E-state index contributed by atoms with van der Waals surface area (Å²) in [5.41, 5.74) is 14.8. The van der Waals surface area contributed by atoms with Crippen molar-refractivity contribution in [2.45, 2.75) is 62.7 Å². The number of fused-ring (bicyclic) bond motifs is 11. The van der Waals surface area contributed by atoms with E-state index in [2.05, 4.69) is 129 Å². The smallest absolute Gasteiger partial charge is 0.165 e. The second-order valence-corrected chi connectivity index (χ2v) is 18.5. The molecule has 0 aliphatic heterocycles. The standard InChI is InChI=1S/C54H43N3S/c1-53(2)45-30-36(23-25-38(45)41-32-47-42(31-46(41)53)37-19-10-11-22-44(37)54(47)27-12-5-13-28-54)35-24-26-48-43(29-35)39-20-14-21-40(49(39)58-48)52-56-50(33-15-6-3-7-16-33)55-51(57-52)34-17-8-4-9-18-34/h3-4,6-11,14-26,29-32,42,47H,5,12-13,27-28H2,1-2H3. The molecule has 4 heteroatoms. The van der Waals surface area contributed by atoms with Crippen LogP contribution in [0.5, 0.6) is 0 Å². The van der Waals surface area contributed by atoms with Gasteiger partial charge in [-0.2, -0.15) is 0 Å². The van der Waals surface area contributed by atoms with Gasteiger partial charge in [0.2, 0.25) is 0 Å². The predicted octanol–water partition coefficient (Wildman–Crippen LogP) is 14.1. The number of hydrogen-bond acceptors (Lipinski definition) is 4. The Morgan fingerprint density at radius 3 is 1.97 bits per heavy atom. The first-order valence-electron chi connectivity index (χ1n) is 21.0. The van der Waals surface area contributed by atoms with Gasteiger partial charge < -0.3 is 0 Å². The first-order valence-corrected chi connectivity index (χ1v) is 21.8. The van der Waals surface area contributed by atoms with Crippen molar-refractivity contribution in [3.63, 3.8) is 0 Å². The number of rotatable bonds is 4. The van der Waals surface area contributed by atoms with Gasteiger partial charge in [0.15, 0.2) is 17.5 Å². The largest absolute Gasteiger partial charge is 0.208 e. The molecular weight excluding hydrogens is 723 g/mol. The molecule has 1 spiro atoms. The lowest BCUT2D eigenvalue weighted by atomic mass is 9.62. The van der Waals surface area contributed by atoms with E-state index in [1.165, 1.54) is 85.7 Å². The quantitative estimate of drug-likeness (QED) is 0.179. The van der Waals surface area contributed by atoms with E-state index in [1.807, 2.05) is 47.7 Å². The zero-order valence-electron chi connectivity index (χ0n) is 32.9. The van der Waals surface area contributed by atoms with Crippen LogP contribution in [0.25, 0.3) is 71.0 Å². The molecule has 3 nitrogen and oxygen atoms in total. The zero-order valence-corrected chi connectivity index (χ0v) is 33.7. The molecule has 2 atom stereocenters. The van der Waals surface area contributed by atoms with Crippen LogP contribution in [0.1, 0.15) is 74.1 Å². The molecule has 1 saturated carbocycles. The molecule has 12 rings (SSSR count). The highest BCUT2D eigenvalue weighted by atomic mass is 32.1. The molecule has 0 bridgehead atoms. The third-order valence-corrected chi connectivity index (χ3v) is 15.3. The van der Waals surface area contributed by atoms with Crippen LogP contribution in [-0.2, 0) is 10.8 Å². The highest BCUT2D eigenvalue weighted by molar-refractivity contribution is 7.26. The van der Waals surface area contributed by atoms with Crippen LogP contribution in [0.15, 0.2) is 157 Å². The Balaban J connectivity index is 0.948. The predicted molar refractivity (Wildman–Crippen MR) is 241 cm³/mol. The van der Waals surface area contributed by atoms with Gasteiger partial charge in [-0.3, -0.25) is 0 Å². The van der Waals surface area contributed by atoms with Gasteiger partial charge in [-0.25, -0.2) is 15.0 Å². The number of hydrogen-bond donors (Lipinski definition) is 0. The van der Waals surface area contributed by atoms with Crippen LogP contribution in [-0.4, -0.2) is 15.0 Å². The average Bonchev–Trinajstić information content (AvgIpc) is 3.86. The molecule has 0 radical (unpaired) electrons. The molecule has 8 aromatic rings. The molecule has 280 valence electrons. The van der Waals surface area contributed by atoms with Crippen molar-refractivity contribution in [1.82, 2.24) is 15.0 Å². The van der Waals surface area contributed by atoms with E-state index in [4.69, 9.17) is 15.0 Å². The molecule has 2 aromatic heterocycles. The van der Waals surface area contributed by atoms with Gasteiger partial charge in [0, 0.05) is 53.6 Å². The van der Waals surface area contributed by atoms with Crippen LogP contribution >= 0.6 is 11.3 Å². The molecule has 4 aliphatic carbocycles. The highest BCUT2D eigenvalue weighted by Gasteiger charge is 2.53. The maximum Gasteiger partial charge on any atom is 0.165 e. The van der Waals surface area contributed by atoms with Gasteiger partial charge in [-0.1, -0.05) is 161 Å². The Bertz CT molecular complexity index is 2960. The first kappa shape index (κ1) is 34.1. The Morgan fingerprint density at radius 1 is 0.534 bits per heavy atom. The van der Waals surface area contributed by atoms with Crippen molar-refractivity contribution in [2.24, 2.45) is 5.92 Å². The van der Waals surface area contributed by atoms with E-state index < -0.39 is 0 Å². The van der Waals surface area contributed by atoms with Gasteiger partial charge in [0.05, 0.1) is 0 Å². The lowest BCUT2D eigenvalue weighted by Crippen LogP contribution is -2.35. The number of nitrogens with zero attached hydrogens (tertiary/aromatic N) is 3. The first-order chi connectivity index (χ1) is 28.5. The lowest BCUT2D eigenvalue weighted by Gasteiger charge is -2.41. The van der Waals surface area contributed by atoms with E-state index in [1.54, 1.807) is 11.1 Å². The number of allylic oxidation sites excluding steroid dienone is 4. The zero-order chi connectivity index (χ0) is 38.6.